The number of hydrogen-bond donors (Lipinski definition) is 1. The Hall–Kier alpha value is -2.79. The van der Waals surface area contributed by atoms with E-state index in [9.17, 15) is 4.79 Å². The van der Waals surface area contributed by atoms with Crippen molar-refractivity contribution in [2.75, 3.05) is 12.4 Å². The van der Waals surface area contributed by atoms with Gasteiger partial charge < -0.3 is 9.47 Å². The number of anilines is 1. The Kier molecular flexibility index (Phi) is 5.36. The zero-order chi connectivity index (χ0) is 17.6. The van der Waals surface area contributed by atoms with Crippen molar-refractivity contribution in [3.63, 3.8) is 0 Å². The molecule has 1 N–H and O–H groups in total. The van der Waals surface area contributed by atoms with E-state index in [2.05, 4.69) is 21.2 Å². The lowest BCUT2D eigenvalue weighted by Crippen LogP contribution is -2.17. The van der Waals surface area contributed by atoms with Crippen LogP contribution in [0.4, 0.5) is 10.5 Å². The van der Waals surface area contributed by atoms with Crippen LogP contribution in [-0.4, -0.2) is 13.2 Å². The molecule has 0 heterocycles. The van der Waals surface area contributed by atoms with E-state index in [0.29, 0.717) is 21.7 Å². The van der Waals surface area contributed by atoms with Crippen molar-refractivity contribution < 1.29 is 14.3 Å². The Labute approximate surface area is 154 Å². The van der Waals surface area contributed by atoms with E-state index in [1.165, 1.54) is 0 Å². The number of amides is 1. The van der Waals surface area contributed by atoms with Crippen LogP contribution in [0.1, 0.15) is 0 Å². The predicted octanol–water partition coefficient (Wildman–Crippen LogP) is 5.74. The molecule has 0 aromatic heterocycles. The average Bonchev–Trinajstić information content (AvgIpc) is 2.64. The highest BCUT2D eigenvalue weighted by Gasteiger charge is 2.11. The fourth-order valence-corrected chi connectivity index (χ4v) is 2.84. The molecule has 0 aliphatic heterocycles. The summed E-state index contributed by atoms with van der Waals surface area (Å²) in [6.45, 7) is 0. The van der Waals surface area contributed by atoms with E-state index >= 15 is 0 Å². The summed E-state index contributed by atoms with van der Waals surface area (Å²) in [6.07, 6.45) is -0.585. The lowest BCUT2D eigenvalue weighted by Gasteiger charge is -2.11. The highest BCUT2D eigenvalue weighted by Crippen LogP contribution is 2.31. The van der Waals surface area contributed by atoms with Crippen LogP contribution in [-0.2, 0) is 0 Å². The minimum absolute atomic E-state index is 0.437. The third-order valence-electron chi connectivity index (χ3n) is 3.59. The number of hydrogen-bond acceptors (Lipinski definition) is 3. The first kappa shape index (κ1) is 17.0. The van der Waals surface area contributed by atoms with E-state index in [0.717, 1.165) is 11.1 Å². The molecule has 1 amide bonds. The first-order valence-electron chi connectivity index (χ1n) is 7.64. The SMILES string of the molecule is COc1ccccc1NC(=O)Oc1ccc(-c2ccccc2)cc1Br. The van der Waals surface area contributed by atoms with Gasteiger partial charge in [0.2, 0.25) is 0 Å². The van der Waals surface area contributed by atoms with Gasteiger partial charge in [0.15, 0.2) is 0 Å². The summed E-state index contributed by atoms with van der Waals surface area (Å²) in [4.78, 5) is 12.1. The molecular formula is C20H16BrNO3. The van der Waals surface area contributed by atoms with Crippen LogP contribution in [0, 0.1) is 0 Å². The molecule has 126 valence electrons. The molecule has 0 spiro atoms. The first-order valence-corrected chi connectivity index (χ1v) is 8.43. The maximum absolute atomic E-state index is 12.1. The molecule has 0 aliphatic rings. The molecule has 3 aromatic carbocycles. The van der Waals surface area contributed by atoms with Gasteiger partial charge in [0.25, 0.3) is 0 Å². The van der Waals surface area contributed by atoms with Crippen LogP contribution < -0.4 is 14.8 Å². The van der Waals surface area contributed by atoms with Gasteiger partial charge in [-0.15, -0.1) is 0 Å². The number of carbonyl (C=O) groups is 1. The minimum Gasteiger partial charge on any atom is -0.495 e. The van der Waals surface area contributed by atoms with Gasteiger partial charge in [-0.2, -0.15) is 0 Å². The summed E-state index contributed by atoms with van der Waals surface area (Å²) >= 11 is 3.46. The van der Waals surface area contributed by atoms with Crippen molar-refractivity contribution in [1.29, 1.82) is 0 Å². The zero-order valence-electron chi connectivity index (χ0n) is 13.5. The van der Waals surface area contributed by atoms with Gasteiger partial charge in [-0.1, -0.05) is 48.5 Å². The van der Waals surface area contributed by atoms with Gasteiger partial charge >= 0.3 is 6.09 Å². The summed E-state index contributed by atoms with van der Waals surface area (Å²) in [5.74, 6) is 1.00. The van der Waals surface area contributed by atoms with Gasteiger partial charge in [0, 0.05) is 0 Å². The van der Waals surface area contributed by atoms with Crippen LogP contribution in [0.25, 0.3) is 11.1 Å². The number of nitrogens with one attached hydrogen (secondary N) is 1. The van der Waals surface area contributed by atoms with Gasteiger partial charge in [0.1, 0.15) is 11.5 Å². The van der Waals surface area contributed by atoms with E-state index < -0.39 is 6.09 Å². The Morgan fingerprint density at radius 3 is 2.32 bits per heavy atom. The molecule has 25 heavy (non-hydrogen) atoms. The molecule has 5 heteroatoms. The van der Waals surface area contributed by atoms with Crippen LogP contribution in [0.5, 0.6) is 11.5 Å². The van der Waals surface area contributed by atoms with Crippen molar-refractivity contribution in [2.24, 2.45) is 0 Å². The van der Waals surface area contributed by atoms with Gasteiger partial charge in [0.05, 0.1) is 17.3 Å². The largest absolute Gasteiger partial charge is 0.495 e. The fourth-order valence-electron chi connectivity index (χ4n) is 2.38. The molecule has 0 aliphatic carbocycles. The Morgan fingerprint density at radius 2 is 1.60 bits per heavy atom. The first-order chi connectivity index (χ1) is 12.2. The van der Waals surface area contributed by atoms with E-state index in [1.807, 2.05) is 54.6 Å². The summed E-state index contributed by atoms with van der Waals surface area (Å²) in [7, 11) is 1.55. The highest BCUT2D eigenvalue weighted by atomic mass is 79.9. The van der Waals surface area contributed by atoms with Gasteiger partial charge in [-0.05, 0) is 51.3 Å². The highest BCUT2D eigenvalue weighted by molar-refractivity contribution is 9.10. The number of para-hydroxylation sites is 2. The van der Waals surface area contributed by atoms with Crippen molar-refractivity contribution in [2.45, 2.75) is 0 Å². The molecule has 0 saturated heterocycles. The smallest absolute Gasteiger partial charge is 0.417 e. The number of carbonyl (C=O) groups excluding carboxylic acids is 1. The maximum atomic E-state index is 12.1. The molecule has 0 atom stereocenters. The number of halogens is 1. The molecule has 3 aromatic rings. The molecule has 4 nitrogen and oxygen atoms in total. The number of ether oxygens (including phenoxy) is 2. The Bertz CT molecular complexity index is 881. The van der Waals surface area contributed by atoms with E-state index in [4.69, 9.17) is 9.47 Å². The quantitative estimate of drug-likeness (QED) is 0.610. The second-order valence-corrected chi connectivity index (χ2v) is 6.08. The standard InChI is InChI=1S/C20H16BrNO3/c1-24-19-10-6-5-9-17(19)22-20(23)25-18-12-11-15(13-16(18)21)14-7-3-2-4-8-14/h2-13H,1H3,(H,22,23). The molecule has 0 bridgehead atoms. The van der Waals surface area contributed by atoms with Crippen molar-refractivity contribution in [3.8, 4) is 22.6 Å². The summed E-state index contributed by atoms with van der Waals surface area (Å²) < 4.78 is 11.3. The van der Waals surface area contributed by atoms with E-state index in [-0.39, 0.29) is 0 Å². The monoisotopic (exact) mass is 397 g/mol. The topological polar surface area (TPSA) is 47.6 Å². The van der Waals surface area contributed by atoms with Crippen molar-refractivity contribution in [3.05, 3.63) is 77.3 Å². The lowest BCUT2D eigenvalue weighted by atomic mass is 10.1. The summed E-state index contributed by atoms with van der Waals surface area (Å²) in [5, 5.41) is 2.68. The molecule has 0 unspecified atom stereocenters. The van der Waals surface area contributed by atoms with Gasteiger partial charge in [-0.25, -0.2) is 4.79 Å². The van der Waals surface area contributed by atoms with Crippen LogP contribution in [0.15, 0.2) is 77.3 Å². The second kappa shape index (κ2) is 7.85. The molecule has 0 fully saturated rings. The molecular weight excluding hydrogens is 382 g/mol. The summed E-state index contributed by atoms with van der Waals surface area (Å²) in [6, 6.07) is 22.7. The van der Waals surface area contributed by atoms with Crippen molar-refractivity contribution >= 4 is 27.7 Å². The molecule has 3 rings (SSSR count). The normalized spacial score (nSPS) is 10.2. The maximum Gasteiger partial charge on any atom is 0.417 e. The van der Waals surface area contributed by atoms with Crippen LogP contribution in [0.3, 0.4) is 0 Å². The molecule has 0 radical (unpaired) electrons. The predicted molar refractivity (Wildman–Crippen MR) is 102 cm³/mol. The third-order valence-corrected chi connectivity index (χ3v) is 4.21. The number of benzene rings is 3. The van der Waals surface area contributed by atoms with Crippen LogP contribution >= 0.6 is 15.9 Å². The fraction of sp³-hybridized carbons (Fsp3) is 0.0500. The summed E-state index contributed by atoms with van der Waals surface area (Å²) in [5.41, 5.74) is 2.67. The Balaban J connectivity index is 1.73. The van der Waals surface area contributed by atoms with E-state index in [1.54, 1.807) is 25.3 Å². The lowest BCUT2D eigenvalue weighted by molar-refractivity contribution is 0.214. The number of rotatable bonds is 4. The average molecular weight is 398 g/mol. The third kappa shape index (κ3) is 4.19. The van der Waals surface area contributed by atoms with Gasteiger partial charge in [-0.3, -0.25) is 5.32 Å². The van der Waals surface area contributed by atoms with Crippen molar-refractivity contribution in [1.82, 2.24) is 0 Å². The zero-order valence-corrected chi connectivity index (χ0v) is 15.1. The Morgan fingerprint density at radius 1 is 0.880 bits per heavy atom. The van der Waals surface area contributed by atoms with Crippen LogP contribution in [0.2, 0.25) is 0 Å². The second-order valence-electron chi connectivity index (χ2n) is 5.23. The number of methoxy groups -OCH3 is 1. The minimum atomic E-state index is -0.585. The molecule has 0 saturated carbocycles.